The number of thiophene rings is 1. The van der Waals surface area contributed by atoms with Gasteiger partial charge in [0, 0.05) is 20.8 Å². The average Bonchev–Trinajstić information content (AvgIpc) is 3.03. The zero-order valence-electron chi connectivity index (χ0n) is 10.1. The summed E-state index contributed by atoms with van der Waals surface area (Å²) in [5.74, 6) is 0.125. The Morgan fingerprint density at radius 2 is 2.11 bits per heavy atom. The molecule has 0 fully saturated rings. The van der Waals surface area contributed by atoms with Gasteiger partial charge in [-0.1, -0.05) is 18.2 Å². The van der Waals surface area contributed by atoms with Crippen molar-refractivity contribution < 1.29 is 0 Å². The van der Waals surface area contributed by atoms with Crippen molar-refractivity contribution in [2.45, 2.75) is 5.92 Å². The van der Waals surface area contributed by atoms with Crippen LogP contribution in [-0.4, -0.2) is 11.9 Å². The quantitative estimate of drug-likeness (QED) is 0.845. The van der Waals surface area contributed by atoms with Crippen LogP contribution < -0.4 is 5.73 Å². The van der Waals surface area contributed by atoms with Crippen molar-refractivity contribution >= 4 is 33.3 Å². The fraction of sp³-hybridized carbons (Fsp3) is 0.0667. The first-order chi connectivity index (χ1) is 9.31. The van der Waals surface area contributed by atoms with Gasteiger partial charge in [0.05, 0.1) is 17.8 Å². The number of hydrogen-bond donors (Lipinski definition) is 1. The summed E-state index contributed by atoms with van der Waals surface area (Å²) in [7, 11) is 0. The highest BCUT2D eigenvalue weighted by atomic mass is 32.1. The van der Waals surface area contributed by atoms with Gasteiger partial charge < -0.3 is 5.73 Å². The van der Waals surface area contributed by atoms with Crippen molar-refractivity contribution in [3.05, 3.63) is 58.6 Å². The Morgan fingerprint density at radius 3 is 3.00 bits per heavy atom. The van der Waals surface area contributed by atoms with Gasteiger partial charge in [0.15, 0.2) is 0 Å². The van der Waals surface area contributed by atoms with E-state index in [1.54, 1.807) is 17.6 Å². The van der Waals surface area contributed by atoms with Gasteiger partial charge in [-0.2, -0.15) is 10.2 Å². The van der Waals surface area contributed by atoms with Crippen molar-refractivity contribution in [3.8, 4) is 0 Å². The lowest BCUT2D eigenvalue weighted by atomic mass is 9.90. The van der Waals surface area contributed by atoms with Gasteiger partial charge >= 0.3 is 0 Å². The first-order valence-electron chi connectivity index (χ1n) is 6.10. The highest BCUT2D eigenvalue weighted by Gasteiger charge is 2.26. The molecule has 1 aliphatic heterocycles. The molecule has 0 spiro atoms. The minimum absolute atomic E-state index is 0.125. The molecule has 1 aromatic heterocycles. The normalized spacial score (nSPS) is 21.1. The van der Waals surface area contributed by atoms with Gasteiger partial charge in [0.2, 0.25) is 0 Å². The van der Waals surface area contributed by atoms with Crippen LogP contribution in [0.2, 0.25) is 0 Å². The molecular formula is C15H11N3S. The summed E-state index contributed by atoms with van der Waals surface area (Å²) in [5, 5.41) is 9.52. The number of fused-ring (bicyclic) bond motifs is 2. The highest BCUT2D eigenvalue weighted by Crippen LogP contribution is 2.36. The topological polar surface area (TPSA) is 50.7 Å². The smallest absolute Gasteiger partial charge is 0.0841 e. The lowest BCUT2D eigenvalue weighted by Gasteiger charge is -2.16. The maximum Gasteiger partial charge on any atom is 0.0841 e. The first-order valence-corrected chi connectivity index (χ1v) is 6.92. The molecule has 2 N–H and O–H groups in total. The summed E-state index contributed by atoms with van der Waals surface area (Å²) in [4.78, 5) is 1.26. The van der Waals surface area contributed by atoms with Crippen LogP contribution in [0.1, 0.15) is 10.8 Å². The third kappa shape index (κ3) is 1.64. The van der Waals surface area contributed by atoms with E-state index in [-0.39, 0.29) is 5.92 Å². The molecule has 0 saturated heterocycles. The van der Waals surface area contributed by atoms with E-state index in [2.05, 4.69) is 46.6 Å². The minimum Gasteiger partial charge on any atom is -0.399 e. The molecule has 1 aromatic carbocycles. The maximum atomic E-state index is 5.99. The molecule has 0 radical (unpaired) electrons. The number of rotatable bonds is 1. The van der Waals surface area contributed by atoms with Crippen LogP contribution >= 0.6 is 11.3 Å². The number of benzene rings is 1. The Labute approximate surface area is 114 Å². The summed E-state index contributed by atoms with van der Waals surface area (Å²) in [6.45, 7) is 0. The standard InChI is InChI=1S/C15H11N3S/c16-11-5-10-8-17-18-15(10)12(7-11)14-6-9-3-1-2-4-13(9)19-14/h1-8,12H,16H2. The molecule has 92 valence electrons. The molecule has 4 rings (SSSR count). The van der Waals surface area contributed by atoms with E-state index in [1.165, 1.54) is 15.0 Å². The molecule has 4 heteroatoms. The maximum absolute atomic E-state index is 5.99. The van der Waals surface area contributed by atoms with E-state index in [1.807, 2.05) is 6.08 Å². The molecule has 2 aromatic rings. The zero-order valence-corrected chi connectivity index (χ0v) is 10.9. The second kappa shape index (κ2) is 3.90. The van der Waals surface area contributed by atoms with Gasteiger partial charge in [-0.3, -0.25) is 0 Å². The van der Waals surface area contributed by atoms with E-state index in [0.717, 1.165) is 17.0 Å². The Kier molecular flexibility index (Phi) is 2.19. The van der Waals surface area contributed by atoms with Gasteiger partial charge in [-0.05, 0) is 29.7 Å². The van der Waals surface area contributed by atoms with E-state index in [9.17, 15) is 0 Å². The van der Waals surface area contributed by atoms with Gasteiger partial charge in [-0.15, -0.1) is 11.3 Å². The van der Waals surface area contributed by atoms with E-state index >= 15 is 0 Å². The second-order valence-electron chi connectivity index (χ2n) is 4.66. The monoisotopic (exact) mass is 265 g/mol. The summed E-state index contributed by atoms with van der Waals surface area (Å²) in [6.07, 6.45) is 5.76. The summed E-state index contributed by atoms with van der Waals surface area (Å²) in [5.41, 5.74) is 8.80. The van der Waals surface area contributed by atoms with Crippen LogP contribution in [0.5, 0.6) is 0 Å². The molecule has 1 unspecified atom stereocenters. The largest absolute Gasteiger partial charge is 0.399 e. The summed E-state index contributed by atoms with van der Waals surface area (Å²) in [6, 6.07) is 10.6. The predicted octanol–water partition coefficient (Wildman–Crippen LogP) is 3.21. The second-order valence-corrected chi connectivity index (χ2v) is 5.78. The lowest BCUT2D eigenvalue weighted by molar-refractivity contribution is 1.11. The third-order valence-electron chi connectivity index (χ3n) is 3.39. The van der Waals surface area contributed by atoms with Crippen molar-refractivity contribution in [1.82, 2.24) is 0 Å². The molecule has 0 saturated carbocycles. The molecular weight excluding hydrogens is 254 g/mol. The van der Waals surface area contributed by atoms with Crippen LogP contribution in [0.3, 0.4) is 0 Å². The molecule has 1 aliphatic carbocycles. The van der Waals surface area contributed by atoms with Crippen LogP contribution in [0, 0.1) is 0 Å². The summed E-state index contributed by atoms with van der Waals surface area (Å²) >= 11 is 1.79. The van der Waals surface area contributed by atoms with E-state index < -0.39 is 0 Å². The van der Waals surface area contributed by atoms with Crippen molar-refractivity contribution in [2.75, 3.05) is 0 Å². The SMILES string of the molecule is NC1=CC(c2cc3ccccc3s2)C2=NN=CC2=C1. The Morgan fingerprint density at radius 1 is 1.21 bits per heavy atom. The van der Waals surface area contributed by atoms with Crippen LogP contribution in [-0.2, 0) is 0 Å². The predicted molar refractivity (Wildman–Crippen MR) is 80.8 cm³/mol. The van der Waals surface area contributed by atoms with E-state index in [0.29, 0.717) is 0 Å². The van der Waals surface area contributed by atoms with Crippen molar-refractivity contribution in [3.63, 3.8) is 0 Å². The number of nitrogens with two attached hydrogens (primary N) is 1. The van der Waals surface area contributed by atoms with Crippen LogP contribution in [0.15, 0.2) is 64.0 Å². The van der Waals surface area contributed by atoms with Gasteiger partial charge in [0.1, 0.15) is 0 Å². The Hall–Kier alpha value is -2.20. The summed E-state index contributed by atoms with van der Waals surface area (Å²) < 4.78 is 1.29. The molecule has 2 heterocycles. The fourth-order valence-corrected chi connectivity index (χ4v) is 3.64. The highest BCUT2D eigenvalue weighted by molar-refractivity contribution is 7.19. The van der Waals surface area contributed by atoms with Gasteiger partial charge in [0.25, 0.3) is 0 Å². The fourth-order valence-electron chi connectivity index (χ4n) is 2.50. The Balaban J connectivity index is 1.86. The number of allylic oxidation sites excluding steroid dienone is 3. The molecule has 0 amide bonds. The lowest BCUT2D eigenvalue weighted by Crippen LogP contribution is -2.17. The molecule has 19 heavy (non-hydrogen) atoms. The Bertz CT molecular complexity index is 760. The molecule has 2 aliphatic rings. The number of hydrogen-bond acceptors (Lipinski definition) is 4. The van der Waals surface area contributed by atoms with Crippen molar-refractivity contribution in [2.24, 2.45) is 15.9 Å². The van der Waals surface area contributed by atoms with Crippen LogP contribution in [0.25, 0.3) is 10.1 Å². The first kappa shape index (κ1) is 10.7. The van der Waals surface area contributed by atoms with Crippen LogP contribution in [0.4, 0.5) is 0 Å². The molecule has 3 nitrogen and oxygen atoms in total. The zero-order chi connectivity index (χ0) is 12.8. The van der Waals surface area contributed by atoms with Gasteiger partial charge in [-0.25, -0.2) is 0 Å². The average molecular weight is 265 g/mol. The van der Waals surface area contributed by atoms with E-state index in [4.69, 9.17) is 5.73 Å². The molecule has 1 atom stereocenters. The minimum atomic E-state index is 0.125. The number of nitrogens with zero attached hydrogens (tertiary/aromatic N) is 2. The third-order valence-corrected chi connectivity index (χ3v) is 4.58. The molecule has 0 bridgehead atoms. The van der Waals surface area contributed by atoms with Crippen molar-refractivity contribution in [1.29, 1.82) is 0 Å².